The molecule has 1 amide bonds. The van der Waals surface area contributed by atoms with Crippen LogP contribution in [0.1, 0.15) is 30.0 Å². The second kappa shape index (κ2) is 8.41. The molecule has 0 aliphatic carbocycles. The van der Waals surface area contributed by atoms with Gasteiger partial charge in [-0.1, -0.05) is 30.3 Å². The van der Waals surface area contributed by atoms with Crippen molar-refractivity contribution in [3.05, 3.63) is 71.3 Å². The number of hydrogen-bond donors (Lipinski definition) is 1. The number of nitrogens with zero attached hydrogens (tertiary/aromatic N) is 1. The van der Waals surface area contributed by atoms with Crippen LogP contribution in [0.3, 0.4) is 0 Å². The molecule has 0 spiro atoms. The Labute approximate surface area is 152 Å². The van der Waals surface area contributed by atoms with Gasteiger partial charge in [0, 0.05) is 19.6 Å². The lowest BCUT2D eigenvalue weighted by atomic mass is 9.96. The van der Waals surface area contributed by atoms with E-state index in [0.29, 0.717) is 25.2 Å². The third kappa shape index (κ3) is 4.17. The molecule has 25 heavy (non-hydrogen) atoms. The van der Waals surface area contributed by atoms with Gasteiger partial charge in [-0.05, 0) is 36.2 Å². The van der Waals surface area contributed by atoms with Crippen molar-refractivity contribution in [1.29, 1.82) is 0 Å². The van der Waals surface area contributed by atoms with Crippen LogP contribution in [0.5, 0.6) is 0 Å². The highest BCUT2D eigenvalue weighted by Crippen LogP contribution is 2.28. The number of nitrogens with one attached hydrogen (secondary N) is 1. The minimum absolute atomic E-state index is 0. The molecule has 2 aromatic carbocycles. The quantitative estimate of drug-likeness (QED) is 0.899. The number of carbonyl (C=O) groups excluding carboxylic acids is 1. The highest BCUT2D eigenvalue weighted by molar-refractivity contribution is 5.85. The van der Waals surface area contributed by atoms with Gasteiger partial charge in [0.1, 0.15) is 11.6 Å². The molecule has 0 aromatic heterocycles. The summed E-state index contributed by atoms with van der Waals surface area (Å²) >= 11 is 0. The van der Waals surface area contributed by atoms with Gasteiger partial charge in [-0.25, -0.2) is 8.78 Å². The fraction of sp³-hybridized carbons (Fsp3) is 0.316. The van der Waals surface area contributed by atoms with E-state index in [-0.39, 0.29) is 36.0 Å². The van der Waals surface area contributed by atoms with Crippen LogP contribution >= 0.6 is 12.4 Å². The lowest BCUT2D eigenvalue weighted by Crippen LogP contribution is -2.49. The first kappa shape index (κ1) is 19.3. The predicted molar refractivity (Wildman–Crippen MR) is 95.8 cm³/mol. The Hall–Kier alpha value is -1.98. The first-order chi connectivity index (χ1) is 11.6. The summed E-state index contributed by atoms with van der Waals surface area (Å²) in [6, 6.07) is 12.4. The minimum Gasteiger partial charge on any atom is -0.333 e. The molecule has 134 valence electrons. The molecule has 3 nitrogen and oxygen atoms in total. The van der Waals surface area contributed by atoms with Gasteiger partial charge in [0.05, 0.1) is 12.0 Å². The van der Waals surface area contributed by atoms with Crippen LogP contribution in [-0.4, -0.2) is 30.4 Å². The largest absolute Gasteiger partial charge is 0.333 e. The predicted octanol–water partition coefficient (Wildman–Crippen LogP) is 3.66. The maximum atomic E-state index is 14.0. The molecule has 3 rings (SSSR count). The second-order valence-corrected chi connectivity index (χ2v) is 6.05. The normalized spacial score (nSPS) is 18.4. The second-order valence-electron chi connectivity index (χ2n) is 6.05. The van der Waals surface area contributed by atoms with E-state index >= 15 is 0 Å². The number of amides is 1. The van der Waals surface area contributed by atoms with Crippen LogP contribution in [0.2, 0.25) is 0 Å². The number of halogens is 3. The van der Waals surface area contributed by atoms with Crippen LogP contribution < -0.4 is 5.32 Å². The number of piperazine rings is 1. The van der Waals surface area contributed by atoms with E-state index in [9.17, 15) is 13.6 Å². The van der Waals surface area contributed by atoms with Crippen LogP contribution in [-0.2, 0) is 4.79 Å². The lowest BCUT2D eigenvalue weighted by molar-refractivity contribution is -0.135. The highest BCUT2D eigenvalue weighted by atomic mass is 35.5. The van der Waals surface area contributed by atoms with E-state index in [1.807, 2.05) is 6.07 Å². The lowest BCUT2D eigenvalue weighted by Gasteiger charge is -2.38. The van der Waals surface area contributed by atoms with Crippen LogP contribution in [0.25, 0.3) is 0 Å². The maximum absolute atomic E-state index is 14.0. The van der Waals surface area contributed by atoms with Crippen LogP contribution in [0.4, 0.5) is 8.78 Å². The number of carbonyl (C=O) groups is 1. The molecule has 0 bridgehead atoms. The third-order valence-corrected chi connectivity index (χ3v) is 4.50. The molecule has 1 saturated heterocycles. The Morgan fingerprint density at radius 2 is 1.96 bits per heavy atom. The van der Waals surface area contributed by atoms with Gasteiger partial charge in [-0.15, -0.1) is 12.4 Å². The average Bonchev–Trinajstić information content (AvgIpc) is 2.61. The van der Waals surface area contributed by atoms with Gasteiger partial charge in [-0.2, -0.15) is 0 Å². The highest BCUT2D eigenvalue weighted by Gasteiger charge is 2.32. The first-order valence-corrected chi connectivity index (χ1v) is 8.09. The SMILES string of the molecule is CC(C(=O)N1CCNCC1c1cccc(F)c1)c1ccccc1F.Cl. The number of hydrogen-bond acceptors (Lipinski definition) is 2. The standard InChI is InChI=1S/C19H20F2N2O.ClH/c1-13(16-7-2-3-8-17(16)21)19(24)23-10-9-22-12-18(23)14-5-4-6-15(20)11-14;/h2-8,11,13,18,22H,9-10,12H2,1H3;1H. The van der Waals surface area contributed by atoms with Gasteiger partial charge in [0.15, 0.2) is 0 Å². The average molecular weight is 367 g/mol. The van der Waals surface area contributed by atoms with E-state index in [2.05, 4.69) is 5.32 Å². The fourth-order valence-electron chi connectivity index (χ4n) is 3.19. The summed E-state index contributed by atoms with van der Waals surface area (Å²) in [5.74, 6) is -1.43. The smallest absolute Gasteiger partial charge is 0.230 e. The van der Waals surface area contributed by atoms with E-state index in [0.717, 1.165) is 5.56 Å². The monoisotopic (exact) mass is 366 g/mol. The van der Waals surface area contributed by atoms with E-state index in [1.54, 1.807) is 36.1 Å². The molecule has 6 heteroatoms. The van der Waals surface area contributed by atoms with Gasteiger partial charge in [-0.3, -0.25) is 4.79 Å². The van der Waals surface area contributed by atoms with Crippen molar-refractivity contribution in [2.24, 2.45) is 0 Å². The Bertz CT molecular complexity index is 741. The zero-order valence-corrected chi connectivity index (χ0v) is 14.7. The topological polar surface area (TPSA) is 32.3 Å². The minimum atomic E-state index is -0.583. The molecule has 1 aliphatic rings. The zero-order valence-electron chi connectivity index (χ0n) is 13.9. The number of rotatable bonds is 3. The Kier molecular flexibility index (Phi) is 6.51. The van der Waals surface area contributed by atoms with Crippen molar-refractivity contribution in [1.82, 2.24) is 10.2 Å². The Morgan fingerprint density at radius 1 is 1.20 bits per heavy atom. The van der Waals surface area contributed by atoms with Crippen molar-refractivity contribution in [2.75, 3.05) is 19.6 Å². The first-order valence-electron chi connectivity index (χ1n) is 8.09. The van der Waals surface area contributed by atoms with Crippen molar-refractivity contribution in [3.8, 4) is 0 Å². The molecular weight excluding hydrogens is 346 g/mol. The summed E-state index contributed by atoms with van der Waals surface area (Å²) in [7, 11) is 0. The summed E-state index contributed by atoms with van der Waals surface area (Å²) < 4.78 is 27.6. The van der Waals surface area contributed by atoms with Crippen molar-refractivity contribution in [2.45, 2.75) is 18.9 Å². The molecular formula is C19H21ClF2N2O. The summed E-state index contributed by atoms with van der Waals surface area (Å²) in [4.78, 5) is 14.7. The van der Waals surface area contributed by atoms with Gasteiger partial charge in [0.2, 0.25) is 5.91 Å². The zero-order chi connectivity index (χ0) is 17.1. The van der Waals surface area contributed by atoms with Gasteiger partial charge in [0.25, 0.3) is 0 Å². The summed E-state index contributed by atoms with van der Waals surface area (Å²) in [5, 5.41) is 3.24. The fourth-order valence-corrected chi connectivity index (χ4v) is 3.19. The molecule has 2 unspecified atom stereocenters. The molecule has 1 aliphatic heterocycles. The molecule has 2 atom stereocenters. The molecule has 2 aromatic rings. The maximum Gasteiger partial charge on any atom is 0.230 e. The third-order valence-electron chi connectivity index (χ3n) is 4.50. The van der Waals surface area contributed by atoms with Crippen molar-refractivity contribution < 1.29 is 13.6 Å². The van der Waals surface area contributed by atoms with Crippen molar-refractivity contribution >= 4 is 18.3 Å². The molecule has 1 fully saturated rings. The van der Waals surface area contributed by atoms with Crippen LogP contribution in [0.15, 0.2) is 48.5 Å². The Morgan fingerprint density at radius 3 is 2.68 bits per heavy atom. The summed E-state index contributed by atoms with van der Waals surface area (Å²) in [6.45, 7) is 3.45. The van der Waals surface area contributed by atoms with E-state index < -0.39 is 5.92 Å². The van der Waals surface area contributed by atoms with Crippen molar-refractivity contribution in [3.63, 3.8) is 0 Å². The Balaban J connectivity index is 0.00000225. The molecule has 1 heterocycles. The van der Waals surface area contributed by atoms with Gasteiger partial charge < -0.3 is 10.2 Å². The molecule has 0 saturated carbocycles. The molecule has 0 radical (unpaired) electrons. The molecule has 1 N–H and O–H groups in total. The number of benzene rings is 2. The van der Waals surface area contributed by atoms with E-state index in [1.165, 1.54) is 18.2 Å². The summed E-state index contributed by atoms with van der Waals surface area (Å²) in [6.07, 6.45) is 0. The van der Waals surface area contributed by atoms with Crippen LogP contribution in [0, 0.1) is 11.6 Å². The summed E-state index contributed by atoms with van der Waals surface area (Å²) in [5.41, 5.74) is 1.13. The van der Waals surface area contributed by atoms with E-state index in [4.69, 9.17) is 0 Å². The van der Waals surface area contributed by atoms with Gasteiger partial charge >= 0.3 is 0 Å².